The van der Waals surface area contributed by atoms with Gasteiger partial charge in [-0.05, 0) is 37.6 Å². The molecule has 3 rings (SSSR count). The Morgan fingerprint density at radius 1 is 1.23 bits per heavy atom. The molecule has 1 atom stereocenters. The molecule has 0 bridgehead atoms. The number of amides is 1. The number of rotatable bonds is 4. The molecule has 0 aliphatic rings. The molecular formula is C17H17N3OS. The molecule has 0 radical (unpaired) electrons. The van der Waals surface area contributed by atoms with E-state index in [-0.39, 0.29) is 11.9 Å². The molecule has 0 aliphatic carbocycles. The van der Waals surface area contributed by atoms with Gasteiger partial charge in [-0.25, -0.2) is 4.98 Å². The van der Waals surface area contributed by atoms with Crippen LogP contribution in [-0.4, -0.2) is 21.9 Å². The van der Waals surface area contributed by atoms with Crippen LogP contribution in [0.4, 0.5) is 5.13 Å². The molecule has 1 aromatic carbocycles. The van der Waals surface area contributed by atoms with Gasteiger partial charge in [-0.2, -0.15) is 0 Å². The number of pyridine rings is 1. The van der Waals surface area contributed by atoms with Gasteiger partial charge in [0.05, 0.1) is 10.2 Å². The third kappa shape index (κ3) is 2.72. The van der Waals surface area contributed by atoms with Crippen LogP contribution in [-0.2, 0) is 0 Å². The van der Waals surface area contributed by atoms with Crippen molar-refractivity contribution in [1.29, 1.82) is 0 Å². The number of nitrogens with zero attached hydrogens (tertiary/aromatic N) is 3. The summed E-state index contributed by atoms with van der Waals surface area (Å²) in [7, 11) is 0. The van der Waals surface area contributed by atoms with E-state index >= 15 is 0 Å². The summed E-state index contributed by atoms with van der Waals surface area (Å²) in [4.78, 5) is 23.3. The maximum Gasteiger partial charge on any atom is 0.260 e. The van der Waals surface area contributed by atoms with Gasteiger partial charge in [-0.15, -0.1) is 0 Å². The van der Waals surface area contributed by atoms with Crippen molar-refractivity contribution in [1.82, 2.24) is 9.97 Å². The summed E-state index contributed by atoms with van der Waals surface area (Å²) in [5, 5.41) is 0.748. The first kappa shape index (κ1) is 14.7. The lowest BCUT2D eigenvalue weighted by atomic mass is 10.2. The molecule has 3 aromatic rings. The largest absolute Gasteiger partial charge is 0.281 e. The number of thiazole rings is 1. The molecule has 5 heteroatoms. The van der Waals surface area contributed by atoms with Crippen molar-refractivity contribution >= 4 is 32.6 Å². The predicted octanol–water partition coefficient (Wildman–Crippen LogP) is 4.14. The summed E-state index contributed by atoms with van der Waals surface area (Å²) in [5.41, 5.74) is 1.56. The molecule has 0 N–H and O–H groups in total. The molecule has 2 heterocycles. The van der Waals surface area contributed by atoms with Crippen LogP contribution in [0.5, 0.6) is 0 Å². The van der Waals surface area contributed by atoms with Crippen LogP contribution in [0.3, 0.4) is 0 Å². The summed E-state index contributed by atoms with van der Waals surface area (Å²) >= 11 is 1.55. The zero-order chi connectivity index (χ0) is 15.5. The van der Waals surface area contributed by atoms with Gasteiger partial charge in [-0.1, -0.05) is 30.4 Å². The minimum atomic E-state index is -0.0317. The van der Waals surface area contributed by atoms with Gasteiger partial charge in [-0.3, -0.25) is 14.7 Å². The Hall–Kier alpha value is -2.27. The van der Waals surface area contributed by atoms with Gasteiger partial charge in [0.1, 0.15) is 0 Å². The van der Waals surface area contributed by atoms with Gasteiger partial charge < -0.3 is 0 Å². The van der Waals surface area contributed by atoms with E-state index in [1.807, 2.05) is 31.2 Å². The number of carbonyl (C=O) groups is 1. The fourth-order valence-corrected chi connectivity index (χ4v) is 3.32. The zero-order valence-corrected chi connectivity index (χ0v) is 13.4. The van der Waals surface area contributed by atoms with Crippen LogP contribution in [0.15, 0.2) is 48.8 Å². The molecular weight excluding hydrogens is 294 g/mol. The van der Waals surface area contributed by atoms with Crippen molar-refractivity contribution in [3.05, 3.63) is 54.4 Å². The molecule has 0 saturated heterocycles. The summed E-state index contributed by atoms with van der Waals surface area (Å²) in [6.07, 6.45) is 4.15. The monoisotopic (exact) mass is 311 g/mol. The molecule has 112 valence electrons. The third-order valence-electron chi connectivity index (χ3n) is 3.67. The smallest absolute Gasteiger partial charge is 0.260 e. The van der Waals surface area contributed by atoms with Gasteiger partial charge in [0.2, 0.25) is 0 Å². The molecule has 0 saturated carbocycles. The molecule has 0 aliphatic heterocycles. The van der Waals surface area contributed by atoms with E-state index in [4.69, 9.17) is 0 Å². The number of anilines is 1. The highest BCUT2D eigenvalue weighted by Gasteiger charge is 2.25. The SMILES string of the molecule is CC[C@H](C)N(C(=O)c1ccncc1)c1nc2ccccc2s1. The number of benzene rings is 1. The van der Waals surface area contributed by atoms with Gasteiger partial charge in [0.15, 0.2) is 5.13 Å². The van der Waals surface area contributed by atoms with Crippen LogP contribution in [0, 0.1) is 0 Å². The average molecular weight is 311 g/mol. The number of aromatic nitrogens is 2. The lowest BCUT2D eigenvalue weighted by Crippen LogP contribution is -2.38. The van der Waals surface area contributed by atoms with Crippen molar-refractivity contribution in [3.63, 3.8) is 0 Å². The first-order valence-corrected chi connectivity index (χ1v) is 8.11. The number of fused-ring (bicyclic) bond motifs is 1. The van der Waals surface area contributed by atoms with E-state index in [9.17, 15) is 4.79 Å². The van der Waals surface area contributed by atoms with E-state index in [0.717, 1.165) is 21.8 Å². The molecule has 4 nitrogen and oxygen atoms in total. The van der Waals surface area contributed by atoms with Crippen LogP contribution in [0.25, 0.3) is 10.2 Å². The minimum absolute atomic E-state index is 0.0317. The number of hydrogen-bond acceptors (Lipinski definition) is 4. The predicted molar refractivity (Wildman–Crippen MR) is 90.4 cm³/mol. The Labute approximate surface area is 133 Å². The highest BCUT2D eigenvalue weighted by molar-refractivity contribution is 7.22. The van der Waals surface area contributed by atoms with Gasteiger partial charge in [0, 0.05) is 24.0 Å². The highest BCUT2D eigenvalue weighted by atomic mass is 32.1. The van der Waals surface area contributed by atoms with Crippen molar-refractivity contribution in [3.8, 4) is 0 Å². The molecule has 0 spiro atoms. The summed E-state index contributed by atoms with van der Waals surface area (Å²) in [6, 6.07) is 11.5. The fourth-order valence-electron chi connectivity index (χ4n) is 2.25. The van der Waals surface area contributed by atoms with E-state index in [1.54, 1.807) is 40.8 Å². The summed E-state index contributed by atoms with van der Waals surface area (Å²) in [6.45, 7) is 4.12. The topological polar surface area (TPSA) is 46.1 Å². The minimum Gasteiger partial charge on any atom is -0.281 e. The molecule has 2 aromatic heterocycles. The van der Waals surface area contributed by atoms with Crippen molar-refractivity contribution < 1.29 is 4.79 Å². The van der Waals surface area contributed by atoms with Gasteiger partial charge >= 0.3 is 0 Å². The maximum atomic E-state index is 12.9. The second kappa shape index (κ2) is 6.23. The van der Waals surface area contributed by atoms with Crippen LogP contribution >= 0.6 is 11.3 Å². The van der Waals surface area contributed by atoms with E-state index in [1.165, 1.54) is 0 Å². The van der Waals surface area contributed by atoms with Crippen LogP contribution in [0.2, 0.25) is 0 Å². The Kier molecular flexibility index (Phi) is 4.15. The maximum absolute atomic E-state index is 12.9. The van der Waals surface area contributed by atoms with E-state index in [2.05, 4.69) is 16.9 Å². The number of carbonyl (C=O) groups excluding carboxylic acids is 1. The first-order valence-electron chi connectivity index (χ1n) is 7.30. The first-order chi connectivity index (χ1) is 10.7. The van der Waals surface area contributed by atoms with Gasteiger partial charge in [0.25, 0.3) is 5.91 Å². The van der Waals surface area contributed by atoms with Crippen molar-refractivity contribution in [2.45, 2.75) is 26.3 Å². The summed E-state index contributed by atoms with van der Waals surface area (Å²) < 4.78 is 1.09. The summed E-state index contributed by atoms with van der Waals surface area (Å²) in [5.74, 6) is -0.0317. The van der Waals surface area contributed by atoms with Crippen LogP contribution < -0.4 is 4.90 Å². The quantitative estimate of drug-likeness (QED) is 0.727. The third-order valence-corrected chi connectivity index (χ3v) is 4.70. The standard InChI is InChI=1S/C17H17N3OS/c1-3-12(2)20(16(21)13-8-10-18-11-9-13)17-19-14-6-4-5-7-15(14)22-17/h4-12H,3H2,1-2H3/t12-/m0/s1. The molecule has 22 heavy (non-hydrogen) atoms. The number of para-hydroxylation sites is 1. The van der Waals surface area contributed by atoms with E-state index < -0.39 is 0 Å². The van der Waals surface area contributed by atoms with Crippen molar-refractivity contribution in [2.24, 2.45) is 0 Å². The Bertz CT molecular complexity index is 752. The Balaban J connectivity index is 2.04. The molecule has 0 fully saturated rings. The normalized spacial score (nSPS) is 12.3. The lowest BCUT2D eigenvalue weighted by molar-refractivity contribution is 0.0977. The molecule has 0 unspecified atom stereocenters. The lowest BCUT2D eigenvalue weighted by Gasteiger charge is -2.26. The average Bonchev–Trinajstić information content (AvgIpc) is 2.99. The van der Waals surface area contributed by atoms with Crippen LogP contribution in [0.1, 0.15) is 30.6 Å². The number of hydrogen-bond donors (Lipinski definition) is 0. The second-order valence-electron chi connectivity index (χ2n) is 5.13. The van der Waals surface area contributed by atoms with Crippen molar-refractivity contribution in [2.75, 3.05) is 4.90 Å². The highest BCUT2D eigenvalue weighted by Crippen LogP contribution is 2.31. The Morgan fingerprint density at radius 3 is 2.64 bits per heavy atom. The molecule has 1 amide bonds. The second-order valence-corrected chi connectivity index (χ2v) is 6.14. The fraction of sp³-hybridized carbons (Fsp3) is 0.235. The Morgan fingerprint density at radius 2 is 1.95 bits per heavy atom. The zero-order valence-electron chi connectivity index (χ0n) is 12.6. The van der Waals surface area contributed by atoms with E-state index in [0.29, 0.717) is 5.56 Å².